The Hall–Kier alpha value is -1.71. The van der Waals surface area contributed by atoms with Crippen LogP contribution < -0.4 is 10.5 Å². The summed E-state index contributed by atoms with van der Waals surface area (Å²) in [5.41, 5.74) is -0.851. The minimum absolute atomic E-state index is 0.00392. The maximum absolute atomic E-state index is 11.9. The Morgan fingerprint density at radius 1 is 1.45 bits per heavy atom. The van der Waals surface area contributed by atoms with E-state index in [1.165, 1.54) is 0 Å². The molecule has 1 aliphatic carbocycles. The molecule has 0 aromatic heterocycles. The van der Waals surface area contributed by atoms with Gasteiger partial charge in [-0.25, -0.2) is 13.6 Å². The van der Waals surface area contributed by atoms with Crippen molar-refractivity contribution in [2.24, 2.45) is 5.14 Å². The van der Waals surface area contributed by atoms with Gasteiger partial charge in [0.1, 0.15) is 4.90 Å². The van der Waals surface area contributed by atoms with E-state index in [0.29, 0.717) is 0 Å². The van der Waals surface area contributed by atoms with Crippen LogP contribution in [0.4, 0.5) is 5.69 Å². The number of hydrogen-bond donors (Lipinski definition) is 2. The first-order valence-electron chi connectivity index (χ1n) is 5.51. The van der Waals surface area contributed by atoms with Crippen LogP contribution in [0.25, 0.3) is 0 Å². The number of nitrogens with zero attached hydrogens (tertiary/aromatic N) is 1. The topological polar surface area (TPSA) is 132 Å². The van der Waals surface area contributed by atoms with Crippen LogP contribution in [0.15, 0.2) is 17.0 Å². The molecule has 0 atom stereocenters. The lowest BCUT2D eigenvalue weighted by molar-refractivity contribution is -0.385. The molecule has 2 rings (SSSR count). The fraction of sp³-hybridized carbons (Fsp3) is 0.300. The van der Waals surface area contributed by atoms with Gasteiger partial charge in [0.25, 0.3) is 11.6 Å². The van der Waals surface area contributed by atoms with E-state index in [1.807, 2.05) is 0 Å². The van der Waals surface area contributed by atoms with Gasteiger partial charge >= 0.3 is 0 Å². The van der Waals surface area contributed by atoms with Crippen molar-refractivity contribution in [2.45, 2.75) is 23.8 Å². The third kappa shape index (κ3) is 3.06. The monoisotopic (exact) mass is 319 g/mol. The Morgan fingerprint density at radius 2 is 2.05 bits per heavy atom. The average Bonchev–Trinajstić information content (AvgIpc) is 3.11. The number of nitrogens with two attached hydrogens (primary N) is 1. The molecule has 0 radical (unpaired) electrons. The number of nitrogens with one attached hydrogen (secondary N) is 1. The number of sulfonamides is 1. The molecule has 0 bridgehead atoms. The zero-order chi connectivity index (χ0) is 15.1. The van der Waals surface area contributed by atoms with E-state index in [0.717, 1.165) is 25.0 Å². The van der Waals surface area contributed by atoms with E-state index < -0.39 is 36.5 Å². The molecular weight excluding hydrogens is 310 g/mol. The molecule has 0 saturated heterocycles. The highest BCUT2D eigenvalue weighted by Crippen LogP contribution is 2.30. The molecule has 0 aliphatic heterocycles. The van der Waals surface area contributed by atoms with E-state index in [-0.39, 0.29) is 11.6 Å². The summed E-state index contributed by atoms with van der Waals surface area (Å²) in [5, 5.41) is 17.9. The number of benzene rings is 1. The molecule has 0 spiro atoms. The van der Waals surface area contributed by atoms with Gasteiger partial charge in [0.05, 0.1) is 15.5 Å². The van der Waals surface area contributed by atoms with Crippen molar-refractivity contribution in [1.29, 1.82) is 0 Å². The number of nitro benzene ring substituents is 1. The third-order valence-electron chi connectivity index (χ3n) is 2.70. The Bertz CT molecular complexity index is 699. The SMILES string of the molecule is NS(=O)(=O)c1cc([N+](=O)[O-])cc(C(=O)NC2CC2)c1Cl. The molecule has 1 aromatic carbocycles. The van der Waals surface area contributed by atoms with E-state index in [9.17, 15) is 23.3 Å². The van der Waals surface area contributed by atoms with Crippen molar-refractivity contribution in [1.82, 2.24) is 5.32 Å². The Balaban J connectivity index is 2.56. The zero-order valence-electron chi connectivity index (χ0n) is 10.00. The highest BCUT2D eigenvalue weighted by Gasteiger charge is 2.29. The van der Waals surface area contributed by atoms with E-state index in [1.54, 1.807) is 0 Å². The molecule has 0 unspecified atom stereocenters. The maximum Gasteiger partial charge on any atom is 0.271 e. The lowest BCUT2D eigenvalue weighted by atomic mass is 10.2. The van der Waals surface area contributed by atoms with E-state index >= 15 is 0 Å². The van der Waals surface area contributed by atoms with Crippen LogP contribution in [0, 0.1) is 10.1 Å². The molecule has 1 aromatic rings. The van der Waals surface area contributed by atoms with Gasteiger partial charge in [-0.05, 0) is 12.8 Å². The van der Waals surface area contributed by atoms with Crippen molar-refractivity contribution < 1.29 is 18.1 Å². The summed E-state index contributed by atoms with van der Waals surface area (Å²) >= 11 is 5.83. The standard InChI is InChI=1S/C10H10ClN3O5S/c11-9-7(10(15)13-5-1-2-5)3-6(14(16)17)4-8(9)20(12,18)19/h3-5H,1-2H2,(H,13,15)(H2,12,18,19). The predicted octanol–water partition coefficient (Wildman–Crippen LogP) is 0.788. The number of non-ortho nitro benzene ring substituents is 1. The number of carbonyl (C=O) groups excluding carboxylic acids is 1. The van der Waals surface area contributed by atoms with Crippen LogP contribution in [0.5, 0.6) is 0 Å². The maximum atomic E-state index is 11.9. The van der Waals surface area contributed by atoms with Crippen molar-refractivity contribution >= 4 is 33.2 Å². The second-order valence-corrected chi connectivity index (χ2v) is 6.26. The first-order chi connectivity index (χ1) is 9.20. The van der Waals surface area contributed by atoms with Gasteiger partial charge in [-0.2, -0.15) is 0 Å². The quantitative estimate of drug-likeness (QED) is 0.625. The molecule has 20 heavy (non-hydrogen) atoms. The molecule has 1 aliphatic rings. The number of hydrogen-bond acceptors (Lipinski definition) is 5. The molecule has 1 saturated carbocycles. The lowest BCUT2D eigenvalue weighted by Crippen LogP contribution is -2.26. The second kappa shape index (κ2) is 5.00. The van der Waals surface area contributed by atoms with Crippen LogP contribution in [0.2, 0.25) is 5.02 Å². The summed E-state index contributed by atoms with van der Waals surface area (Å²) < 4.78 is 22.8. The van der Waals surface area contributed by atoms with Gasteiger partial charge in [-0.1, -0.05) is 11.6 Å². The fourth-order valence-corrected chi connectivity index (χ4v) is 2.71. The van der Waals surface area contributed by atoms with Gasteiger partial charge in [0.15, 0.2) is 0 Å². The Labute approximate surface area is 119 Å². The van der Waals surface area contributed by atoms with Crippen molar-refractivity contribution in [3.05, 3.63) is 32.8 Å². The Morgan fingerprint density at radius 3 is 2.50 bits per heavy atom. The molecule has 3 N–H and O–H groups in total. The summed E-state index contributed by atoms with van der Waals surface area (Å²) in [4.78, 5) is 21.2. The fourth-order valence-electron chi connectivity index (χ4n) is 1.55. The van der Waals surface area contributed by atoms with Crippen LogP contribution in [-0.2, 0) is 10.0 Å². The van der Waals surface area contributed by atoms with Gasteiger partial charge in [0, 0.05) is 18.2 Å². The third-order valence-corrected chi connectivity index (χ3v) is 4.15. The van der Waals surface area contributed by atoms with Gasteiger partial charge in [-0.3, -0.25) is 14.9 Å². The summed E-state index contributed by atoms with van der Waals surface area (Å²) in [5.74, 6) is -0.661. The zero-order valence-corrected chi connectivity index (χ0v) is 11.6. The summed E-state index contributed by atoms with van der Waals surface area (Å²) in [6.07, 6.45) is 1.61. The first-order valence-corrected chi connectivity index (χ1v) is 7.44. The summed E-state index contributed by atoms with van der Waals surface area (Å²) in [7, 11) is -4.27. The van der Waals surface area contributed by atoms with Crippen molar-refractivity contribution in [3.8, 4) is 0 Å². The first kappa shape index (κ1) is 14.7. The molecule has 108 valence electrons. The van der Waals surface area contributed by atoms with Crippen LogP contribution in [-0.4, -0.2) is 25.3 Å². The number of carbonyl (C=O) groups is 1. The number of amides is 1. The van der Waals surface area contributed by atoms with E-state index in [2.05, 4.69) is 5.32 Å². The van der Waals surface area contributed by atoms with Crippen LogP contribution in [0.3, 0.4) is 0 Å². The summed E-state index contributed by atoms with van der Waals surface area (Å²) in [6.45, 7) is 0. The number of rotatable bonds is 4. The molecule has 8 nitrogen and oxygen atoms in total. The number of nitro groups is 1. The molecule has 1 amide bonds. The van der Waals surface area contributed by atoms with Gasteiger partial charge < -0.3 is 5.32 Å². The molecule has 0 heterocycles. The van der Waals surface area contributed by atoms with E-state index in [4.69, 9.17) is 16.7 Å². The Kier molecular flexibility index (Phi) is 3.67. The normalized spacial score (nSPS) is 14.9. The second-order valence-electron chi connectivity index (χ2n) is 4.36. The van der Waals surface area contributed by atoms with Crippen LogP contribution in [0.1, 0.15) is 23.2 Å². The summed E-state index contributed by atoms with van der Waals surface area (Å²) in [6, 6.07) is 1.65. The largest absolute Gasteiger partial charge is 0.349 e. The van der Waals surface area contributed by atoms with Gasteiger partial charge in [-0.15, -0.1) is 0 Å². The predicted molar refractivity (Wildman–Crippen MR) is 70.0 cm³/mol. The molecule has 1 fully saturated rings. The number of primary sulfonamides is 1. The minimum atomic E-state index is -4.27. The smallest absolute Gasteiger partial charge is 0.271 e. The highest BCUT2D eigenvalue weighted by molar-refractivity contribution is 7.89. The average molecular weight is 320 g/mol. The van der Waals surface area contributed by atoms with Gasteiger partial charge in [0.2, 0.25) is 10.0 Å². The highest BCUT2D eigenvalue weighted by atomic mass is 35.5. The molecular formula is C10H10ClN3O5S. The molecule has 10 heteroatoms. The van der Waals surface area contributed by atoms with Crippen LogP contribution >= 0.6 is 11.6 Å². The number of halogens is 1. The minimum Gasteiger partial charge on any atom is -0.349 e. The lowest BCUT2D eigenvalue weighted by Gasteiger charge is -2.08. The van der Waals surface area contributed by atoms with Crippen molar-refractivity contribution in [3.63, 3.8) is 0 Å². The van der Waals surface area contributed by atoms with Crippen molar-refractivity contribution in [2.75, 3.05) is 0 Å².